The van der Waals surface area contributed by atoms with Gasteiger partial charge in [-0.3, -0.25) is 9.79 Å². The average Bonchev–Trinajstić information content (AvgIpc) is 2.79. The Morgan fingerprint density at radius 3 is 2.88 bits per heavy atom. The van der Waals surface area contributed by atoms with Crippen LogP contribution < -0.4 is 21.5 Å². The number of hydrogen-bond donors (Lipinski definition) is 5. The third-order valence-electron chi connectivity index (χ3n) is 6.26. The smallest absolute Gasteiger partial charge is 0.243 e. The van der Waals surface area contributed by atoms with E-state index in [1.165, 1.54) is 0 Å². The Hall–Kier alpha value is -2.37. The third-order valence-corrected chi connectivity index (χ3v) is 7.77. The van der Waals surface area contributed by atoms with Crippen LogP contribution in [0.3, 0.4) is 0 Å². The summed E-state index contributed by atoms with van der Waals surface area (Å²) in [6.07, 6.45) is 3.91. The molecule has 7 N–H and O–H groups in total. The lowest BCUT2D eigenvalue weighted by Gasteiger charge is -2.37. The van der Waals surface area contributed by atoms with Crippen molar-refractivity contribution in [2.75, 3.05) is 31.6 Å². The summed E-state index contributed by atoms with van der Waals surface area (Å²) in [6.45, 7) is 3.44. The van der Waals surface area contributed by atoms with Crippen molar-refractivity contribution in [3.05, 3.63) is 23.8 Å². The Labute approximate surface area is 195 Å². The van der Waals surface area contributed by atoms with Gasteiger partial charge in [0.05, 0.1) is 18.3 Å². The number of para-hydroxylation sites is 1. The number of anilines is 1. The Morgan fingerprint density at radius 1 is 1.36 bits per heavy atom. The van der Waals surface area contributed by atoms with Gasteiger partial charge in [-0.15, -0.1) is 0 Å². The number of nitrogens with two attached hydrogens (primary N) is 2. The van der Waals surface area contributed by atoms with Crippen LogP contribution in [0, 0.1) is 5.92 Å². The molecule has 3 atom stereocenters. The second kappa shape index (κ2) is 11.2. The highest BCUT2D eigenvalue weighted by molar-refractivity contribution is 7.89. The van der Waals surface area contributed by atoms with E-state index in [-0.39, 0.29) is 42.4 Å². The SMILES string of the molecule is CC1CNc2c(cccc2S(=O)(=O)N[C@@H](CCCN=C(N)N)C(=O)N2CCCC[C@@H]2CO)C1. The number of benzene rings is 1. The molecule has 33 heavy (non-hydrogen) atoms. The molecule has 3 rings (SSSR count). The van der Waals surface area contributed by atoms with Crippen molar-refractivity contribution in [3.8, 4) is 0 Å². The maximum atomic E-state index is 13.4. The van der Waals surface area contributed by atoms with E-state index in [4.69, 9.17) is 11.5 Å². The molecule has 0 radical (unpaired) electrons. The fraction of sp³-hybridized carbons (Fsp3) is 0.636. The lowest BCUT2D eigenvalue weighted by Crippen LogP contribution is -2.54. The minimum atomic E-state index is -3.99. The second-order valence-electron chi connectivity index (χ2n) is 8.97. The summed E-state index contributed by atoms with van der Waals surface area (Å²) in [5.41, 5.74) is 12.3. The predicted octanol–water partition coefficient (Wildman–Crippen LogP) is 0.365. The van der Waals surface area contributed by atoms with Gasteiger partial charge in [0.1, 0.15) is 10.9 Å². The van der Waals surface area contributed by atoms with Crippen LogP contribution in [-0.2, 0) is 21.2 Å². The van der Waals surface area contributed by atoms with Crippen molar-refractivity contribution in [2.24, 2.45) is 22.4 Å². The van der Waals surface area contributed by atoms with Gasteiger partial charge in [0, 0.05) is 19.6 Å². The number of amides is 1. The lowest BCUT2D eigenvalue weighted by molar-refractivity contribution is -0.138. The fourth-order valence-electron chi connectivity index (χ4n) is 4.56. The molecule has 0 aromatic heterocycles. The Bertz CT molecular complexity index is 964. The zero-order valence-electron chi connectivity index (χ0n) is 19.2. The molecule has 0 spiro atoms. The van der Waals surface area contributed by atoms with Gasteiger partial charge in [0.15, 0.2) is 5.96 Å². The maximum Gasteiger partial charge on any atom is 0.243 e. The molecule has 1 aromatic rings. The van der Waals surface area contributed by atoms with Gasteiger partial charge < -0.3 is 26.8 Å². The highest BCUT2D eigenvalue weighted by Gasteiger charge is 2.34. The molecule has 2 aliphatic heterocycles. The Morgan fingerprint density at radius 2 is 2.15 bits per heavy atom. The molecule has 1 aromatic carbocycles. The van der Waals surface area contributed by atoms with Crippen LogP contribution in [0.5, 0.6) is 0 Å². The maximum absolute atomic E-state index is 13.4. The summed E-state index contributed by atoms with van der Waals surface area (Å²) in [7, 11) is -3.99. The first-order chi connectivity index (χ1) is 15.7. The molecule has 1 unspecified atom stereocenters. The molecular weight excluding hydrogens is 444 g/mol. The van der Waals surface area contributed by atoms with E-state index in [2.05, 4.69) is 22.0 Å². The molecule has 1 amide bonds. The van der Waals surface area contributed by atoms with Crippen LogP contribution in [0.1, 0.15) is 44.6 Å². The molecule has 184 valence electrons. The molecule has 0 bridgehead atoms. The number of fused-ring (bicyclic) bond motifs is 1. The third kappa shape index (κ3) is 6.36. The van der Waals surface area contributed by atoms with Gasteiger partial charge in [-0.1, -0.05) is 19.1 Å². The van der Waals surface area contributed by atoms with Crippen molar-refractivity contribution >= 4 is 27.6 Å². The Balaban J connectivity index is 1.85. The van der Waals surface area contributed by atoms with E-state index in [9.17, 15) is 18.3 Å². The summed E-state index contributed by atoms with van der Waals surface area (Å²) in [5.74, 6) is 0.0299. The molecule has 0 aliphatic carbocycles. The van der Waals surface area contributed by atoms with E-state index in [0.717, 1.165) is 24.8 Å². The summed E-state index contributed by atoms with van der Waals surface area (Å²) in [4.78, 5) is 19.1. The number of carbonyl (C=O) groups excluding carboxylic acids is 1. The van der Waals surface area contributed by atoms with E-state index >= 15 is 0 Å². The van der Waals surface area contributed by atoms with E-state index < -0.39 is 16.1 Å². The van der Waals surface area contributed by atoms with Crippen LogP contribution in [-0.4, -0.2) is 68.6 Å². The van der Waals surface area contributed by atoms with Crippen molar-refractivity contribution in [1.29, 1.82) is 0 Å². The number of carbonyl (C=O) groups is 1. The van der Waals surface area contributed by atoms with Crippen molar-refractivity contribution in [2.45, 2.75) is 62.4 Å². The quantitative estimate of drug-likeness (QED) is 0.194. The predicted molar refractivity (Wildman–Crippen MR) is 128 cm³/mol. The number of nitrogens with zero attached hydrogens (tertiary/aromatic N) is 2. The largest absolute Gasteiger partial charge is 0.394 e. The molecular formula is C22H36N6O4S. The van der Waals surface area contributed by atoms with Gasteiger partial charge in [-0.25, -0.2) is 8.42 Å². The normalized spacial score (nSPS) is 21.6. The first kappa shape index (κ1) is 25.3. The number of rotatable bonds is 9. The summed E-state index contributed by atoms with van der Waals surface area (Å²) in [6, 6.07) is 3.94. The number of nitrogens with one attached hydrogen (secondary N) is 2. The molecule has 2 heterocycles. The highest BCUT2D eigenvalue weighted by Crippen LogP contribution is 2.31. The van der Waals surface area contributed by atoms with Gasteiger partial charge in [0.25, 0.3) is 0 Å². The van der Waals surface area contributed by atoms with Gasteiger partial charge in [-0.2, -0.15) is 4.72 Å². The molecule has 11 heteroatoms. The van der Waals surface area contributed by atoms with Crippen LogP contribution in [0.25, 0.3) is 0 Å². The minimum Gasteiger partial charge on any atom is -0.394 e. The number of aliphatic imine (C=N–C) groups is 1. The van der Waals surface area contributed by atoms with Gasteiger partial charge in [-0.05, 0) is 56.1 Å². The van der Waals surface area contributed by atoms with Crippen molar-refractivity contribution < 1.29 is 18.3 Å². The minimum absolute atomic E-state index is 0.0500. The first-order valence-corrected chi connectivity index (χ1v) is 13.1. The number of piperidine rings is 1. The number of guanidine groups is 1. The summed E-state index contributed by atoms with van der Waals surface area (Å²) >= 11 is 0. The zero-order chi connectivity index (χ0) is 24.0. The van der Waals surface area contributed by atoms with Crippen LogP contribution >= 0.6 is 0 Å². The molecule has 10 nitrogen and oxygen atoms in total. The number of hydrogen-bond acceptors (Lipinski definition) is 6. The van der Waals surface area contributed by atoms with E-state index in [1.54, 1.807) is 17.0 Å². The van der Waals surface area contributed by atoms with Gasteiger partial charge >= 0.3 is 0 Å². The zero-order valence-corrected chi connectivity index (χ0v) is 20.0. The van der Waals surface area contributed by atoms with Crippen LogP contribution in [0.2, 0.25) is 0 Å². The number of aliphatic hydroxyl groups excluding tert-OH is 1. The van der Waals surface area contributed by atoms with E-state index in [0.29, 0.717) is 37.5 Å². The molecule has 1 fully saturated rings. The standard InChI is InChI=1S/C22H36N6O4S/c1-15-12-16-6-4-9-19(20(16)26-13-15)33(31,32)27-18(8-5-10-25-22(23)24)21(30)28-11-3-2-7-17(28)14-29/h4,6,9,15,17-18,26-27,29H,2-3,5,7-8,10-14H2,1H3,(H4,23,24,25)/t15?,17-,18+/m1/s1. The second-order valence-corrected chi connectivity index (χ2v) is 10.6. The van der Waals surface area contributed by atoms with Crippen LogP contribution in [0.4, 0.5) is 5.69 Å². The monoisotopic (exact) mass is 480 g/mol. The average molecular weight is 481 g/mol. The number of likely N-dealkylation sites (tertiary alicyclic amines) is 1. The fourth-order valence-corrected chi connectivity index (χ4v) is 6.01. The summed E-state index contributed by atoms with van der Waals surface area (Å²) < 4.78 is 29.5. The number of aliphatic hydroxyl groups is 1. The van der Waals surface area contributed by atoms with Crippen LogP contribution in [0.15, 0.2) is 28.1 Å². The molecule has 2 aliphatic rings. The van der Waals surface area contributed by atoms with Crippen molar-refractivity contribution in [3.63, 3.8) is 0 Å². The molecule has 1 saturated heterocycles. The van der Waals surface area contributed by atoms with Crippen molar-refractivity contribution in [1.82, 2.24) is 9.62 Å². The molecule has 0 saturated carbocycles. The topological polar surface area (TPSA) is 163 Å². The lowest BCUT2D eigenvalue weighted by atomic mass is 9.96. The first-order valence-electron chi connectivity index (χ1n) is 11.6. The summed E-state index contributed by atoms with van der Waals surface area (Å²) in [5, 5.41) is 13.0. The van der Waals surface area contributed by atoms with E-state index in [1.807, 2.05) is 6.07 Å². The van der Waals surface area contributed by atoms with Gasteiger partial charge in [0.2, 0.25) is 15.9 Å². The highest BCUT2D eigenvalue weighted by atomic mass is 32.2. The Kier molecular flexibility index (Phi) is 8.55. The number of sulfonamides is 1.